The Balaban J connectivity index is 1.56. The van der Waals surface area contributed by atoms with Crippen molar-refractivity contribution < 1.29 is 13.6 Å². The van der Waals surface area contributed by atoms with Gasteiger partial charge in [0.2, 0.25) is 0 Å². The number of pyridine rings is 2. The molecular weight excluding hydrogens is 466 g/mol. The Hall–Kier alpha value is -4.53. The van der Waals surface area contributed by atoms with Gasteiger partial charge in [-0.25, -0.2) is 13.6 Å². The van der Waals surface area contributed by atoms with Gasteiger partial charge in [0.15, 0.2) is 0 Å². The maximum atomic E-state index is 14.1. The number of anilines is 2. The zero-order valence-electron chi connectivity index (χ0n) is 19.7. The number of nitrogens with zero attached hydrogens (tertiary/aromatic N) is 2. The predicted molar refractivity (Wildman–Crippen MR) is 135 cm³/mol. The number of hydrogen-bond acceptors (Lipinski definition) is 3. The first kappa shape index (κ1) is 24.6. The molecule has 4 aromatic rings. The quantitative estimate of drug-likeness (QED) is 0.413. The summed E-state index contributed by atoms with van der Waals surface area (Å²) in [7, 11) is 0. The third-order valence-electron chi connectivity index (χ3n) is 5.54. The molecular formula is C27H24F2N4O3. The molecule has 0 aliphatic rings. The van der Waals surface area contributed by atoms with Crippen molar-refractivity contribution in [3.63, 3.8) is 0 Å². The molecule has 0 spiro atoms. The maximum Gasteiger partial charge on any atom is 0.323 e. The van der Waals surface area contributed by atoms with Crippen molar-refractivity contribution in [3.8, 4) is 0 Å². The molecule has 2 heterocycles. The number of urea groups is 1. The number of amides is 2. The number of carbonyl (C=O) groups excluding carboxylic acids is 1. The average molecular weight is 491 g/mol. The second-order valence-corrected chi connectivity index (χ2v) is 8.49. The Morgan fingerprint density at radius 1 is 0.722 bits per heavy atom. The summed E-state index contributed by atoms with van der Waals surface area (Å²) in [4.78, 5) is 38.6. The Kier molecular flexibility index (Phi) is 7.10. The minimum absolute atomic E-state index is 0.0118. The molecule has 0 saturated carbocycles. The minimum Gasteiger partial charge on any atom is -0.309 e. The molecule has 0 unspecified atom stereocenters. The van der Waals surface area contributed by atoms with E-state index < -0.39 is 28.8 Å². The minimum atomic E-state index is -0.796. The first-order valence-electron chi connectivity index (χ1n) is 11.2. The molecule has 36 heavy (non-hydrogen) atoms. The van der Waals surface area contributed by atoms with E-state index in [-0.39, 0.29) is 24.5 Å². The van der Waals surface area contributed by atoms with Crippen molar-refractivity contribution in [1.82, 2.24) is 9.13 Å². The lowest BCUT2D eigenvalue weighted by molar-refractivity contribution is 0.262. The average Bonchev–Trinajstić information content (AvgIpc) is 2.82. The molecule has 2 aromatic carbocycles. The van der Waals surface area contributed by atoms with E-state index >= 15 is 0 Å². The molecule has 7 nitrogen and oxygen atoms in total. The van der Waals surface area contributed by atoms with E-state index in [2.05, 4.69) is 10.6 Å². The Morgan fingerprint density at radius 3 is 1.50 bits per heavy atom. The molecule has 4 rings (SSSR count). The Morgan fingerprint density at radius 2 is 1.11 bits per heavy atom. The molecule has 0 fully saturated rings. The molecule has 184 valence electrons. The number of rotatable bonds is 6. The van der Waals surface area contributed by atoms with Crippen molar-refractivity contribution >= 4 is 17.4 Å². The standard InChI is InChI=1S/C27H24F2N4O3/c1-17-11-23(25(34)32(13-17)15-19-7-3-5-9-21(19)28)30-27(36)31-24-12-18(2)14-33(26(24)35)16-20-8-4-6-10-22(20)29/h3-14H,15-16H2,1-2H3,(H2,30,31,36). The highest BCUT2D eigenvalue weighted by atomic mass is 19.1. The lowest BCUT2D eigenvalue weighted by atomic mass is 10.2. The highest BCUT2D eigenvalue weighted by Gasteiger charge is 2.14. The van der Waals surface area contributed by atoms with Crippen LogP contribution in [0.15, 0.2) is 82.6 Å². The summed E-state index contributed by atoms with van der Waals surface area (Å²) in [5, 5.41) is 4.96. The fourth-order valence-corrected chi connectivity index (χ4v) is 3.88. The highest BCUT2D eigenvalue weighted by molar-refractivity contribution is 5.99. The van der Waals surface area contributed by atoms with E-state index in [4.69, 9.17) is 0 Å². The molecule has 2 amide bonds. The second kappa shape index (κ2) is 10.4. The molecule has 0 radical (unpaired) electrons. The molecule has 0 aliphatic heterocycles. The van der Waals surface area contributed by atoms with Crippen molar-refractivity contribution in [2.45, 2.75) is 26.9 Å². The van der Waals surface area contributed by atoms with E-state index in [0.717, 1.165) is 0 Å². The van der Waals surface area contributed by atoms with Gasteiger partial charge in [-0.1, -0.05) is 36.4 Å². The monoisotopic (exact) mass is 490 g/mol. The molecule has 0 aliphatic carbocycles. The zero-order valence-corrected chi connectivity index (χ0v) is 19.7. The summed E-state index contributed by atoms with van der Waals surface area (Å²) in [6.45, 7) is 3.45. The molecule has 2 N–H and O–H groups in total. The summed E-state index contributed by atoms with van der Waals surface area (Å²) >= 11 is 0. The van der Waals surface area contributed by atoms with Crippen LogP contribution in [0.1, 0.15) is 22.3 Å². The van der Waals surface area contributed by atoms with Gasteiger partial charge in [0.05, 0.1) is 13.1 Å². The number of aromatic nitrogens is 2. The van der Waals surface area contributed by atoms with Crippen LogP contribution < -0.4 is 21.8 Å². The Labute approximate surface area is 205 Å². The number of nitrogens with one attached hydrogen (secondary N) is 2. The SMILES string of the molecule is Cc1cc(NC(=O)Nc2cc(C)cn(Cc3ccccc3F)c2=O)c(=O)n(Cc2ccccc2F)c1. The molecule has 9 heteroatoms. The normalized spacial score (nSPS) is 10.8. The number of benzene rings is 2. The summed E-state index contributed by atoms with van der Waals surface area (Å²) in [6.07, 6.45) is 3.14. The van der Waals surface area contributed by atoms with Crippen LogP contribution in [0.3, 0.4) is 0 Å². The van der Waals surface area contributed by atoms with Gasteiger partial charge in [-0.3, -0.25) is 9.59 Å². The van der Waals surface area contributed by atoms with Crippen LogP contribution in [0.5, 0.6) is 0 Å². The summed E-state index contributed by atoms with van der Waals surface area (Å²) in [5.74, 6) is -0.881. The smallest absolute Gasteiger partial charge is 0.309 e. The van der Waals surface area contributed by atoms with E-state index in [1.165, 1.54) is 33.4 Å². The molecule has 0 bridgehead atoms. The number of carbonyl (C=O) groups is 1. The van der Waals surface area contributed by atoms with Gasteiger partial charge in [-0.2, -0.15) is 0 Å². The Bertz CT molecular complexity index is 1440. The predicted octanol–water partition coefficient (Wildman–Crippen LogP) is 4.65. The van der Waals surface area contributed by atoms with Gasteiger partial charge in [-0.15, -0.1) is 0 Å². The topological polar surface area (TPSA) is 85.1 Å². The van der Waals surface area contributed by atoms with E-state index in [9.17, 15) is 23.2 Å². The highest BCUT2D eigenvalue weighted by Crippen LogP contribution is 2.13. The van der Waals surface area contributed by atoms with E-state index in [0.29, 0.717) is 22.3 Å². The van der Waals surface area contributed by atoms with E-state index in [1.807, 2.05) is 0 Å². The van der Waals surface area contributed by atoms with Crippen LogP contribution in [-0.4, -0.2) is 15.2 Å². The zero-order chi connectivity index (χ0) is 25.8. The third-order valence-corrected chi connectivity index (χ3v) is 5.54. The van der Waals surface area contributed by atoms with Crippen molar-refractivity contribution in [3.05, 3.63) is 128 Å². The van der Waals surface area contributed by atoms with Crippen LogP contribution in [0.25, 0.3) is 0 Å². The van der Waals surface area contributed by atoms with Crippen LogP contribution >= 0.6 is 0 Å². The molecule has 2 aromatic heterocycles. The fourth-order valence-electron chi connectivity index (χ4n) is 3.88. The number of aryl methyl sites for hydroxylation is 2. The van der Waals surface area contributed by atoms with Crippen molar-refractivity contribution in [1.29, 1.82) is 0 Å². The second-order valence-electron chi connectivity index (χ2n) is 8.49. The lowest BCUT2D eigenvalue weighted by Crippen LogP contribution is -2.31. The number of halogens is 2. The van der Waals surface area contributed by atoms with Crippen LogP contribution in [0.4, 0.5) is 25.0 Å². The lowest BCUT2D eigenvalue weighted by Gasteiger charge is -2.14. The van der Waals surface area contributed by atoms with E-state index in [1.54, 1.807) is 62.6 Å². The van der Waals surface area contributed by atoms with Crippen molar-refractivity contribution in [2.24, 2.45) is 0 Å². The largest absolute Gasteiger partial charge is 0.323 e. The molecule has 0 saturated heterocycles. The van der Waals surface area contributed by atoms with Crippen LogP contribution in [0.2, 0.25) is 0 Å². The van der Waals surface area contributed by atoms with Gasteiger partial charge in [0.25, 0.3) is 11.1 Å². The van der Waals surface area contributed by atoms with Gasteiger partial charge in [0.1, 0.15) is 23.0 Å². The third kappa shape index (κ3) is 5.57. The van der Waals surface area contributed by atoms with Crippen molar-refractivity contribution in [2.75, 3.05) is 10.6 Å². The first-order valence-corrected chi connectivity index (χ1v) is 11.2. The van der Waals surface area contributed by atoms with Crippen LogP contribution in [-0.2, 0) is 13.1 Å². The first-order chi connectivity index (χ1) is 17.2. The van der Waals surface area contributed by atoms with Gasteiger partial charge < -0.3 is 19.8 Å². The fraction of sp³-hybridized carbons (Fsp3) is 0.148. The van der Waals surface area contributed by atoms with Gasteiger partial charge in [0, 0.05) is 23.5 Å². The maximum absolute atomic E-state index is 14.1. The van der Waals surface area contributed by atoms with Crippen LogP contribution in [0, 0.1) is 25.5 Å². The number of hydrogen-bond donors (Lipinski definition) is 2. The van der Waals surface area contributed by atoms with Gasteiger partial charge >= 0.3 is 6.03 Å². The summed E-state index contributed by atoms with van der Waals surface area (Å²) in [6, 6.07) is 14.4. The van der Waals surface area contributed by atoms with Gasteiger partial charge in [-0.05, 0) is 49.2 Å². The summed E-state index contributed by atoms with van der Waals surface area (Å²) < 4.78 is 30.8. The molecule has 0 atom stereocenters. The summed E-state index contributed by atoms with van der Waals surface area (Å²) in [5.41, 5.74) is 0.895.